The monoisotopic (exact) mass is 261 g/mol. The number of rotatable bonds is 2. The summed E-state index contributed by atoms with van der Waals surface area (Å²) in [6.45, 7) is 1.76. The summed E-state index contributed by atoms with van der Waals surface area (Å²) in [7, 11) is 0. The van der Waals surface area contributed by atoms with Crippen LogP contribution in [-0.2, 0) is 4.79 Å². The van der Waals surface area contributed by atoms with Crippen molar-refractivity contribution in [1.82, 2.24) is 0 Å². The molecule has 0 spiro atoms. The Morgan fingerprint density at radius 1 is 1.54 bits per heavy atom. The van der Waals surface area contributed by atoms with E-state index < -0.39 is 0 Å². The Hall–Kier alpha value is -0.540. The largest absolute Gasteiger partial charge is 0.324 e. The minimum Gasteiger partial charge on any atom is -0.324 e. The lowest BCUT2D eigenvalue weighted by molar-refractivity contribution is -0.115. The van der Waals surface area contributed by atoms with Gasteiger partial charge < -0.3 is 5.32 Å². The molecule has 0 aliphatic heterocycles. The van der Waals surface area contributed by atoms with E-state index in [0.29, 0.717) is 10.7 Å². The summed E-state index contributed by atoms with van der Waals surface area (Å²) < 4.78 is 0. The third-order valence-electron chi connectivity index (χ3n) is 1.49. The van der Waals surface area contributed by atoms with Crippen molar-refractivity contribution < 1.29 is 4.79 Å². The Kier molecular flexibility index (Phi) is 3.75. The summed E-state index contributed by atoms with van der Waals surface area (Å²) in [6.07, 6.45) is 0. The summed E-state index contributed by atoms with van der Waals surface area (Å²) in [4.78, 5) is 11.0. The van der Waals surface area contributed by atoms with E-state index in [1.54, 1.807) is 19.1 Å². The molecular weight excluding hydrogens is 253 g/mol. The second-order valence-corrected chi connectivity index (χ2v) is 4.37. The Bertz CT molecular complexity index is 314. The van der Waals surface area contributed by atoms with Gasteiger partial charge in [-0.2, -0.15) is 0 Å². The van der Waals surface area contributed by atoms with Gasteiger partial charge in [0.1, 0.15) is 0 Å². The van der Waals surface area contributed by atoms with Crippen LogP contribution < -0.4 is 5.32 Å². The maximum absolute atomic E-state index is 11.2. The molecule has 1 atom stereocenters. The highest BCUT2D eigenvalue weighted by Gasteiger charge is 2.09. The van der Waals surface area contributed by atoms with Crippen molar-refractivity contribution in [1.29, 1.82) is 0 Å². The molecule has 0 aliphatic carbocycles. The van der Waals surface area contributed by atoms with Crippen molar-refractivity contribution in [2.45, 2.75) is 11.8 Å². The van der Waals surface area contributed by atoms with E-state index in [9.17, 15) is 4.79 Å². The van der Waals surface area contributed by atoms with Crippen LogP contribution in [0.1, 0.15) is 6.92 Å². The molecule has 0 radical (unpaired) electrons. The van der Waals surface area contributed by atoms with Gasteiger partial charge in [-0.3, -0.25) is 4.79 Å². The molecule has 1 rings (SSSR count). The lowest BCUT2D eigenvalue weighted by atomic mass is 10.3. The average molecular weight is 263 g/mol. The summed E-state index contributed by atoms with van der Waals surface area (Å²) in [5.41, 5.74) is 0.639. The quantitative estimate of drug-likeness (QED) is 0.816. The fourth-order valence-corrected chi connectivity index (χ4v) is 1.09. The van der Waals surface area contributed by atoms with E-state index in [2.05, 4.69) is 21.2 Å². The van der Waals surface area contributed by atoms with Gasteiger partial charge in [-0.1, -0.05) is 39.7 Å². The van der Waals surface area contributed by atoms with Gasteiger partial charge in [-0.15, -0.1) is 0 Å². The first kappa shape index (κ1) is 10.5. The van der Waals surface area contributed by atoms with Gasteiger partial charge in [0.25, 0.3) is 0 Å². The highest BCUT2D eigenvalue weighted by molar-refractivity contribution is 9.10. The lowest BCUT2D eigenvalue weighted by Crippen LogP contribution is -2.19. The zero-order valence-electron chi connectivity index (χ0n) is 7.05. The van der Waals surface area contributed by atoms with Crippen LogP contribution in [0.25, 0.3) is 0 Å². The Morgan fingerprint density at radius 2 is 2.15 bits per heavy atom. The molecule has 0 aliphatic rings. The molecule has 0 bridgehead atoms. The maximum atomic E-state index is 11.2. The molecule has 4 heteroatoms. The molecule has 1 aromatic rings. The topological polar surface area (TPSA) is 29.1 Å². The smallest absolute Gasteiger partial charge is 0.237 e. The fourth-order valence-electron chi connectivity index (χ4n) is 0.795. The van der Waals surface area contributed by atoms with E-state index in [-0.39, 0.29) is 10.7 Å². The number of carbonyl (C=O) groups is 1. The minimum absolute atomic E-state index is 0.104. The van der Waals surface area contributed by atoms with Crippen molar-refractivity contribution in [3.63, 3.8) is 0 Å². The first-order chi connectivity index (χ1) is 6.11. The normalized spacial score (nSPS) is 12.2. The van der Waals surface area contributed by atoms with Crippen molar-refractivity contribution in [3.8, 4) is 0 Å². The van der Waals surface area contributed by atoms with Gasteiger partial charge in [-0.25, -0.2) is 0 Å². The molecule has 0 saturated carbocycles. The van der Waals surface area contributed by atoms with Gasteiger partial charge in [0.2, 0.25) is 5.91 Å². The summed E-state index contributed by atoms with van der Waals surface area (Å²) in [5.74, 6) is -0.104. The van der Waals surface area contributed by atoms with Crippen molar-refractivity contribution in [3.05, 3.63) is 29.3 Å². The molecule has 0 fully saturated rings. The van der Waals surface area contributed by atoms with Gasteiger partial charge >= 0.3 is 0 Å². The number of nitrogens with one attached hydrogen (secondary N) is 1. The van der Waals surface area contributed by atoms with Crippen molar-refractivity contribution in [2.24, 2.45) is 0 Å². The number of anilines is 1. The second-order valence-electron chi connectivity index (χ2n) is 2.59. The summed E-state index contributed by atoms with van der Waals surface area (Å²) in [5, 5.41) is 3.24. The van der Waals surface area contributed by atoms with E-state index in [1.807, 2.05) is 12.1 Å². The number of carbonyl (C=O) groups excluding carboxylic acids is 1. The fraction of sp³-hybridized carbons (Fsp3) is 0.222. The molecule has 13 heavy (non-hydrogen) atoms. The number of alkyl halides is 1. The van der Waals surface area contributed by atoms with Crippen LogP contribution in [0.2, 0.25) is 5.02 Å². The van der Waals surface area contributed by atoms with Gasteiger partial charge in [0, 0.05) is 0 Å². The van der Waals surface area contributed by atoms with Gasteiger partial charge in [-0.05, 0) is 19.1 Å². The first-order valence-corrected chi connectivity index (χ1v) is 5.10. The second kappa shape index (κ2) is 4.63. The Balaban J connectivity index is 2.75. The number of benzene rings is 1. The molecule has 0 aromatic heterocycles. The molecule has 1 amide bonds. The summed E-state index contributed by atoms with van der Waals surface area (Å²) in [6, 6.07) is 7.13. The van der Waals surface area contributed by atoms with Gasteiger partial charge in [0.15, 0.2) is 0 Å². The number of hydrogen-bond donors (Lipinski definition) is 1. The lowest BCUT2D eigenvalue weighted by Gasteiger charge is -2.07. The van der Waals surface area contributed by atoms with E-state index in [1.165, 1.54) is 0 Å². The Morgan fingerprint density at radius 3 is 2.69 bits per heavy atom. The highest BCUT2D eigenvalue weighted by atomic mass is 79.9. The van der Waals surface area contributed by atoms with Crippen LogP contribution in [0.3, 0.4) is 0 Å². The van der Waals surface area contributed by atoms with E-state index in [4.69, 9.17) is 11.6 Å². The predicted molar refractivity (Wildman–Crippen MR) is 58.5 cm³/mol. The number of halogens is 2. The zero-order chi connectivity index (χ0) is 9.84. The maximum Gasteiger partial charge on any atom is 0.237 e. The van der Waals surface area contributed by atoms with Crippen molar-refractivity contribution in [2.75, 3.05) is 5.32 Å². The van der Waals surface area contributed by atoms with E-state index in [0.717, 1.165) is 0 Å². The zero-order valence-corrected chi connectivity index (χ0v) is 9.39. The molecule has 0 saturated heterocycles. The number of amides is 1. The van der Waals surface area contributed by atoms with Crippen LogP contribution in [-0.4, -0.2) is 10.7 Å². The van der Waals surface area contributed by atoms with Crippen LogP contribution in [0, 0.1) is 0 Å². The van der Waals surface area contributed by atoms with Crippen LogP contribution in [0.15, 0.2) is 24.3 Å². The predicted octanol–water partition coefficient (Wildman–Crippen LogP) is 3.06. The molecular formula is C9H9BrClNO. The first-order valence-electron chi connectivity index (χ1n) is 3.80. The molecule has 1 aromatic carbocycles. The third kappa shape index (κ3) is 3.01. The highest BCUT2D eigenvalue weighted by Crippen LogP contribution is 2.20. The Labute approximate surface area is 90.4 Å². The van der Waals surface area contributed by atoms with Crippen LogP contribution in [0.5, 0.6) is 0 Å². The number of para-hydroxylation sites is 1. The molecule has 0 unspecified atom stereocenters. The third-order valence-corrected chi connectivity index (χ3v) is 2.24. The molecule has 1 N–H and O–H groups in total. The van der Waals surface area contributed by atoms with Crippen molar-refractivity contribution >= 4 is 39.1 Å². The SMILES string of the molecule is C[C@H](Br)C(=O)Nc1ccccc1Cl. The van der Waals surface area contributed by atoms with Crippen LogP contribution in [0.4, 0.5) is 5.69 Å². The average Bonchev–Trinajstić information content (AvgIpc) is 2.08. The standard InChI is InChI=1S/C9H9BrClNO/c1-6(10)9(13)12-8-5-3-2-4-7(8)11/h2-6H,1H3,(H,12,13)/t6-/m0/s1. The van der Waals surface area contributed by atoms with E-state index >= 15 is 0 Å². The molecule has 2 nitrogen and oxygen atoms in total. The molecule has 0 heterocycles. The summed E-state index contributed by atoms with van der Waals surface area (Å²) >= 11 is 9.01. The number of hydrogen-bond acceptors (Lipinski definition) is 1. The molecule has 70 valence electrons. The van der Waals surface area contributed by atoms with Crippen LogP contribution >= 0.6 is 27.5 Å². The minimum atomic E-state index is -0.219. The van der Waals surface area contributed by atoms with Gasteiger partial charge in [0.05, 0.1) is 15.5 Å².